The third-order valence-electron chi connectivity index (χ3n) is 5.28. The molecule has 0 saturated heterocycles. The summed E-state index contributed by atoms with van der Waals surface area (Å²) in [5, 5.41) is 0. The molecule has 45 heavy (non-hydrogen) atoms. The summed E-state index contributed by atoms with van der Waals surface area (Å²) in [6, 6.07) is 24.0. The fourth-order valence-electron chi connectivity index (χ4n) is 2.84. The molecular formula is C28H36O12S4Si. The Labute approximate surface area is 268 Å². The molecule has 0 bridgehead atoms. The molecule has 248 valence electrons. The second-order valence-corrected chi connectivity index (χ2v) is 14.8. The molecule has 17 heteroatoms. The topological polar surface area (TPSA) is 217 Å². The van der Waals surface area contributed by atoms with Crippen molar-refractivity contribution in [2.75, 3.05) is 0 Å². The molecule has 0 aromatic heterocycles. The van der Waals surface area contributed by atoms with Crippen LogP contribution in [0.5, 0.6) is 0 Å². The van der Waals surface area contributed by atoms with Crippen LogP contribution in [0.3, 0.4) is 0 Å². The summed E-state index contributed by atoms with van der Waals surface area (Å²) in [6.45, 7) is 7.36. The molecule has 0 aliphatic carbocycles. The molecule has 12 nitrogen and oxygen atoms in total. The molecule has 0 aliphatic rings. The Hall–Kier alpha value is -3.26. The standard InChI is InChI=1S/4C7H8O3S.H4Si/c4*1-6-2-4-7(5-3-6)11(8,9)10;/h4*2-5H,1H3,(H,8,9,10);1H4. The first-order valence-electron chi connectivity index (χ1n) is 12.2. The first kappa shape index (κ1) is 41.7. The minimum atomic E-state index is -4.02. The molecule has 4 rings (SSSR count). The van der Waals surface area contributed by atoms with Crippen LogP contribution in [0.15, 0.2) is 117 Å². The van der Waals surface area contributed by atoms with Crippen LogP contribution in [0.1, 0.15) is 22.3 Å². The predicted molar refractivity (Wildman–Crippen MR) is 175 cm³/mol. The Morgan fingerprint density at radius 1 is 0.311 bits per heavy atom. The van der Waals surface area contributed by atoms with Crippen molar-refractivity contribution in [3.63, 3.8) is 0 Å². The molecule has 0 unspecified atom stereocenters. The van der Waals surface area contributed by atoms with E-state index in [0.717, 1.165) is 22.3 Å². The quantitative estimate of drug-likeness (QED) is 0.176. The zero-order valence-corrected chi connectivity index (χ0v) is 27.2. The van der Waals surface area contributed by atoms with Gasteiger partial charge in [0.2, 0.25) is 0 Å². The molecule has 0 aliphatic heterocycles. The lowest BCUT2D eigenvalue weighted by Gasteiger charge is -1.95. The van der Waals surface area contributed by atoms with E-state index >= 15 is 0 Å². The van der Waals surface area contributed by atoms with Gasteiger partial charge < -0.3 is 0 Å². The molecular weight excluding hydrogens is 685 g/mol. The van der Waals surface area contributed by atoms with Crippen molar-refractivity contribution in [3.05, 3.63) is 119 Å². The molecule has 0 heterocycles. The Morgan fingerprint density at radius 2 is 0.422 bits per heavy atom. The summed E-state index contributed by atoms with van der Waals surface area (Å²) in [5.74, 6) is 0. The first-order chi connectivity index (χ1) is 20.0. The zero-order valence-electron chi connectivity index (χ0n) is 23.9. The highest BCUT2D eigenvalue weighted by Crippen LogP contribution is 2.11. The normalized spacial score (nSPS) is 11.2. The van der Waals surface area contributed by atoms with E-state index in [2.05, 4.69) is 0 Å². The third kappa shape index (κ3) is 16.6. The highest BCUT2D eigenvalue weighted by Gasteiger charge is 2.09. The van der Waals surface area contributed by atoms with E-state index in [1.165, 1.54) is 48.5 Å². The Kier molecular flexibility index (Phi) is 16.2. The van der Waals surface area contributed by atoms with Gasteiger partial charge in [-0.25, -0.2) is 0 Å². The monoisotopic (exact) mass is 720 g/mol. The van der Waals surface area contributed by atoms with Gasteiger partial charge in [0.25, 0.3) is 40.5 Å². The average molecular weight is 721 g/mol. The van der Waals surface area contributed by atoms with Gasteiger partial charge in [-0.2, -0.15) is 33.7 Å². The summed E-state index contributed by atoms with van der Waals surface area (Å²) in [7, 11) is -16.1. The van der Waals surface area contributed by atoms with Gasteiger partial charge in [-0.3, -0.25) is 18.2 Å². The molecule has 4 N–H and O–H groups in total. The maximum atomic E-state index is 10.5. The van der Waals surface area contributed by atoms with Crippen molar-refractivity contribution >= 4 is 51.4 Å². The van der Waals surface area contributed by atoms with E-state index in [4.69, 9.17) is 18.2 Å². The lowest BCUT2D eigenvalue weighted by atomic mass is 10.2. The van der Waals surface area contributed by atoms with Gasteiger partial charge in [0.15, 0.2) is 0 Å². The number of rotatable bonds is 4. The van der Waals surface area contributed by atoms with Crippen molar-refractivity contribution in [1.29, 1.82) is 0 Å². The molecule has 4 aromatic carbocycles. The van der Waals surface area contributed by atoms with E-state index in [9.17, 15) is 33.7 Å². The minimum Gasteiger partial charge on any atom is -0.282 e. The van der Waals surface area contributed by atoms with Gasteiger partial charge in [0.1, 0.15) is 0 Å². The van der Waals surface area contributed by atoms with Gasteiger partial charge in [-0.15, -0.1) is 0 Å². The summed E-state index contributed by atoms with van der Waals surface area (Å²) >= 11 is 0. The van der Waals surface area contributed by atoms with Gasteiger partial charge in [-0.05, 0) is 87.2 Å². The van der Waals surface area contributed by atoms with Crippen molar-refractivity contribution in [1.82, 2.24) is 0 Å². The van der Waals surface area contributed by atoms with Crippen LogP contribution < -0.4 is 0 Å². The second kappa shape index (κ2) is 17.4. The average Bonchev–Trinajstić information content (AvgIpc) is 2.89. The van der Waals surface area contributed by atoms with Gasteiger partial charge >= 0.3 is 0 Å². The second-order valence-electron chi connectivity index (χ2n) is 9.15. The van der Waals surface area contributed by atoms with Gasteiger partial charge in [0, 0.05) is 0 Å². The van der Waals surface area contributed by atoms with Gasteiger partial charge in [-0.1, -0.05) is 70.8 Å². The SMILES string of the molecule is Cc1ccc(S(=O)(=O)O)cc1.Cc1ccc(S(=O)(=O)O)cc1.Cc1ccc(S(=O)(=O)O)cc1.Cc1ccc(S(=O)(=O)O)cc1.[SiH4]. The van der Waals surface area contributed by atoms with Crippen LogP contribution in [0.25, 0.3) is 0 Å². The van der Waals surface area contributed by atoms with E-state index in [1.54, 1.807) is 48.5 Å². The molecule has 0 atom stereocenters. The molecule has 0 amide bonds. The highest BCUT2D eigenvalue weighted by atomic mass is 32.2. The van der Waals surface area contributed by atoms with Crippen LogP contribution in [0.2, 0.25) is 0 Å². The Bertz CT molecular complexity index is 1650. The maximum Gasteiger partial charge on any atom is 0.294 e. The number of hydrogen-bond donors (Lipinski definition) is 4. The fraction of sp³-hybridized carbons (Fsp3) is 0.143. The van der Waals surface area contributed by atoms with E-state index in [-0.39, 0.29) is 30.5 Å². The largest absolute Gasteiger partial charge is 0.294 e. The molecule has 0 saturated carbocycles. The predicted octanol–water partition coefficient (Wildman–Crippen LogP) is 3.52. The Morgan fingerprint density at radius 3 is 0.511 bits per heavy atom. The van der Waals surface area contributed by atoms with Crippen LogP contribution in [0, 0.1) is 27.7 Å². The lowest BCUT2D eigenvalue weighted by molar-refractivity contribution is 0.481. The Balaban J connectivity index is 0.000000569. The molecule has 4 aromatic rings. The zero-order chi connectivity index (χ0) is 33.9. The summed E-state index contributed by atoms with van der Waals surface area (Å²) < 4.78 is 118. The maximum absolute atomic E-state index is 10.5. The van der Waals surface area contributed by atoms with Gasteiger partial charge in [0.05, 0.1) is 19.6 Å². The first-order valence-corrected chi connectivity index (χ1v) is 17.9. The minimum absolute atomic E-state index is 0. The molecule has 0 radical (unpaired) electrons. The summed E-state index contributed by atoms with van der Waals surface area (Å²) in [4.78, 5) is -0.266. The summed E-state index contributed by atoms with van der Waals surface area (Å²) in [5.41, 5.74) is 3.82. The van der Waals surface area contributed by atoms with Crippen molar-refractivity contribution in [2.45, 2.75) is 47.3 Å². The third-order valence-corrected chi connectivity index (χ3v) is 8.75. The van der Waals surface area contributed by atoms with E-state index in [0.29, 0.717) is 0 Å². The van der Waals surface area contributed by atoms with Crippen molar-refractivity contribution in [3.8, 4) is 0 Å². The molecule has 0 fully saturated rings. The van der Waals surface area contributed by atoms with Crippen LogP contribution >= 0.6 is 0 Å². The van der Waals surface area contributed by atoms with Crippen LogP contribution in [0.4, 0.5) is 0 Å². The lowest BCUT2D eigenvalue weighted by Crippen LogP contribution is -1.96. The number of aryl methyl sites for hydroxylation is 4. The summed E-state index contributed by atoms with van der Waals surface area (Å²) in [6.07, 6.45) is 0. The number of hydrogen-bond acceptors (Lipinski definition) is 8. The van der Waals surface area contributed by atoms with E-state index < -0.39 is 40.5 Å². The molecule has 0 spiro atoms. The number of benzene rings is 4. The highest BCUT2D eigenvalue weighted by molar-refractivity contribution is 7.86. The van der Waals surface area contributed by atoms with Crippen molar-refractivity contribution < 1.29 is 51.9 Å². The smallest absolute Gasteiger partial charge is 0.282 e. The van der Waals surface area contributed by atoms with Crippen LogP contribution in [-0.4, -0.2) is 62.8 Å². The van der Waals surface area contributed by atoms with Crippen LogP contribution in [-0.2, 0) is 40.5 Å². The van der Waals surface area contributed by atoms with Crippen molar-refractivity contribution in [2.24, 2.45) is 0 Å². The fourth-order valence-corrected chi connectivity index (χ4v) is 4.76. The van der Waals surface area contributed by atoms with E-state index in [1.807, 2.05) is 27.7 Å².